The lowest BCUT2D eigenvalue weighted by molar-refractivity contribution is -0.384. The first-order valence-electron chi connectivity index (χ1n) is 10.6. The van der Waals surface area contributed by atoms with Crippen molar-refractivity contribution in [2.24, 2.45) is 0 Å². The van der Waals surface area contributed by atoms with Crippen molar-refractivity contribution in [1.29, 1.82) is 0 Å². The summed E-state index contributed by atoms with van der Waals surface area (Å²) in [5.74, 6) is -0.919. The molecule has 0 aliphatic heterocycles. The molecule has 0 radical (unpaired) electrons. The highest BCUT2D eigenvalue weighted by Crippen LogP contribution is 2.32. The van der Waals surface area contributed by atoms with Gasteiger partial charge < -0.3 is 10.1 Å². The standard InChI is InChI=1S/C24H20N4O6S/c1-14(2)34-24(31)15-6-8-17(9-7-15)26-20(29)11-27-13-25-22-21(23(27)30)19(12-35-22)16-4-3-5-18(10-16)28(32)33/h3-10,12-14H,11H2,1-2H3,(H,26,29). The number of ether oxygens (including phenoxy) is 1. The first-order valence-corrected chi connectivity index (χ1v) is 11.4. The number of carbonyl (C=O) groups is 2. The van der Waals surface area contributed by atoms with Crippen molar-refractivity contribution in [2.75, 3.05) is 5.32 Å². The van der Waals surface area contributed by atoms with E-state index in [4.69, 9.17) is 4.74 Å². The van der Waals surface area contributed by atoms with E-state index in [0.29, 0.717) is 32.6 Å². The second-order valence-electron chi connectivity index (χ2n) is 7.89. The van der Waals surface area contributed by atoms with Crippen LogP contribution in [0.25, 0.3) is 21.3 Å². The Morgan fingerprint density at radius 1 is 1.20 bits per heavy atom. The fourth-order valence-electron chi connectivity index (χ4n) is 3.41. The second kappa shape index (κ2) is 9.85. The van der Waals surface area contributed by atoms with Gasteiger partial charge in [-0.3, -0.25) is 24.3 Å². The Morgan fingerprint density at radius 2 is 1.94 bits per heavy atom. The Morgan fingerprint density at radius 3 is 2.63 bits per heavy atom. The largest absolute Gasteiger partial charge is 0.459 e. The number of amides is 1. The van der Waals surface area contributed by atoms with E-state index in [0.717, 1.165) is 0 Å². The van der Waals surface area contributed by atoms with Crippen LogP contribution in [-0.2, 0) is 16.1 Å². The van der Waals surface area contributed by atoms with Crippen LogP contribution in [0.4, 0.5) is 11.4 Å². The van der Waals surface area contributed by atoms with E-state index in [1.165, 1.54) is 46.5 Å². The number of nitro groups is 1. The minimum Gasteiger partial charge on any atom is -0.459 e. The zero-order valence-electron chi connectivity index (χ0n) is 18.8. The van der Waals surface area contributed by atoms with E-state index in [9.17, 15) is 24.5 Å². The van der Waals surface area contributed by atoms with Gasteiger partial charge in [-0.1, -0.05) is 12.1 Å². The molecule has 4 aromatic rings. The number of rotatable bonds is 7. The summed E-state index contributed by atoms with van der Waals surface area (Å²) >= 11 is 1.24. The van der Waals surface area contributed by atoms with Crippen LogP contribution in [0.15, 0.2) is 65.0 Å². The van der Waals surface area contributed by atoms with E-state index in [2.05, 4.69) is 10.3 Å². The van der Waals surface area contributed by atoms with Crippen molar-refractivity contribution in [3.05, 3.63) is 86.3 Å². The van der Waals surface area contributed by atoms with Crippen LogP contribution in [0.5, 0.6) is 0 Å². The van der Waals surface area contributed by atoms with E-state index in [-0.39, 0.29) is 18.3 Å². The van der Waals surface area contributed by atoms with Gasteiger partial charge in [0.25, 0.3) is 11.2 Å². The first-order chi connectivity index (χ1) is 16.7. The molecule has 0 atom stereocenters. The van der Waals surface area contributed by atoms with Gasteiger partial charge in [0.1, 0.15) is 11.4 Å². The molecular formula is C24H20N4O6S. The Bertz CT molecular complexity index is 1490. The van der Waals surface area contributed by atoms with Gasteiger partial charge in [-0.25, -0.2) is 9.78 Å². The molecule has 10 nitrogen and oxygen atoms in total. The van der Waals surface area contributed by atoms with Gasteiger partial charge in [-0.05, 0) is 43.7 Å². The number of hydrogen-bond acceptors (Lipinski definition) is 8. The fourth-order valence-corrected chi connectivity index (χ4v) is 4.31. The molecule has 1 amide bonds. The highest BCUT2D eigenvalue weighted by Gasteiger charge is 2.17. The van der Waals surface area contributed by atoms with Crippen LogP contribution >= 0.6 is 11.3 Å². The van der Waals surface area contributed by atoms with Crippen LogP contribution < -0.4 is 10.9 Å². The van der Waals surface area contributed by atoms with Crippen molar-refractivity contribution >= 4 is 44.8 Å². The van der Waals surface area contributed by atoms with Crippen molar-refractivity contribution in [2.45, 2.75) is 26.5 Å². The smallest absolute Gasteiger partial charge is 0.338 e. The minimum absolute atomic E-state index is 0.0890. The van der Waals surface area contributed by atoms with Gasteiger partial charge in [0.15, 0.2) is 0 Å². The lowest BCUT2D eigenvalue weighted by Crippen LogP contribution is -2.27. The van der Waals surface area contributed by atoms with E-state index in [1.807, 2.05) is 0 Å². The predicted octanol–water partition coefficient (Wildman–Crippen LogP) is 4.24. The Balaban J connectivity index is 1.54. The van der Waals surface area contributed by atoms with Crippen molar-refractivity contribution in [1.82, 2.24) is 9.55 Å². The highest BCUT2D eigenvalue weighted by molar-refractivity contribution is 7.17. The normalized spacial score (nSPS) is 10.9. The number of fused-ring (bicyclic) bond motifs is 1. The zero-order chi connectivity index (χ0) is 25.1. The van der Waals surface area contributed by atoms with Gasteiger partial charge >= 0.3 is 5.97 Å². The van der Waals surface area contributed by atoms with Crippen molar-refractivity contribution in [3.8, 4) is 11.1 Å². The van der Waals surface area contributed by atoms with Crippen LogP contribution in [0, 0.1) is 10.1 Å². The van der Waals surface area contributed by atoms with Crippen molar-refractivity contribution < 1.29 is 19.2 Å². The topological polar surface area (TPSA) is 133 Å². The molecule has 4 rings (SSSR count). The summed E-state index contributed by atoms with van der Waals surface area (Å²) in [5.41, 5.74) is 1.32. The molecule has 0 fully saturated rings. The van der Waals surface area contributed by atoms with Gasteiger partial charge in [0, 0.05) is 28.8 Å². The molecule has 0 saturated heterocycles. The minimum atomic E-state index is -0.501. The van der Waals surface area contributed by atoms with E-state index < -0.39 is 22.4 Å². The Labute approximate surface area is 203 Å². The average molecular weight is 493 g/mol. The van der Waals surface area contributed by atoms with Crippen molar-refractivity contribution in [3.63, 3.8) is 0 Å². The molecule has 11 heteroatoms. The molecular weight excluding hydrogens is 472 g/mol. The molecule has 2 aromatic heterocycles. The number of nitrogens with one attached hydrogen (secondary N) is 1. The molecule has 2 aromatic carbocycles. The fraction of sp³-hybridized carbons (Fsp3) is 0.167. The summed E-state index contributed by atoms with van der Waals surface area (Å²) in [7, 11) is 0. The monoisotopic (exact) mass is 492 g/mol. The van der Waals surface area contributed by atoms with E-state index in [1.54, 1.807) is 43.5 Å². The number of non-ortho nitro benzene ring substituents is 1. The average Bonchev–Trinajstić information content (AvgIpc) is 3.26. The SMILES string of the molecule is CC(C)OC(=O)c1ccc(NC(=O)Cn2cnc3scc(-c4cccc([N+](=O)[O-])c4)c3c2=O)cc1. The Hall–Kier alpha value is -4.38. The molecule has 0 aliphatic carbocycles. The quantitative estimate of drug-likeness (QED) is 0.232. The van der Waals surface area contributed by atoms with Crippen LogP contribution in [0.1, 0.15) is 24.2 Å². The molecule has 0 unspecified atom stereocenters. The third-order valence-corrected chi connectivity index (χ3v) is 5.88. The number of thiophene rings is 1. The molecule has 0 bridgehead atoms. The maximum absolute atomic E-state index is 13.2. The number of esters is 1. The maximum Gasteiger partial charge on any atom is 0.338 e. The molecule has 0 aliphatic rings. The third kappa shape index (κ3) is 5.25. The lowest BCUT2D eigenvalue weighted by Gasteiger charge is -2.10. The molecule has 0 saturated carbocycles. The molecule has 178 valence electrons. The number of hydrogen-bond donors (Lipinski definition) is 1. The Kier molecular flexibility index (Phi) is 6.69. The summed E-state index contributed by atoms with van der Waals surface area (Å²) < 4.78 is 6.31. The molecule has 0 spiro atoms. The summed E-state index contributed by atoms with van der Waals surface area (Å²) in [6.45, 7) is 3.22. The number of nitrogens with zero attached hydrogens (tertiary/aromatic N) is 3. The third-order valence-electron chi connectivity index (χ3n) is 4.99. The molecule has 2 heterocycles. The van der Waals surface area contributed by atoms with Gasteiger partial charge in [0.05, 0.1) is 28.3 Å². The van der Waals surface area contributed by atoms with Gasteiger partial charge in [-0.2, -0.15) is 0 Å². The number of nitro benzene ring substituents is 1. The number of benzene rings is 2. The summed E-state index contributed by atoms with van der Waals surface area (Å²) in [6.07, 6.45) is 1.05. The van der Waals surface area contributed by atoms with Crippen LogP contribution in [0.3, 0.4) is 0 Å². The van der Waals surface area contributed by atoms with Gasteiger partial charge in [-0.15, -0.1) is 11.3 Å². The second-order valence-corrected chi connectivity index (χ2v) is 8.75. The number of carbonyl (C=O) groups excluding carboxylic acids is 2. The number of aromatic nitrogens is 2. The zero-order valence-corrected chi connectivity index (χ0v) is 19.6. The number of anilines is 1. The first kappa shape index (κ1) is 23.8. The molecule has 35 heavy (non-hydrogen) atoms. The van der Waals surface area contributed by atoms with Crippen LogP contribution in [-0.4, -0.2) is 32.5 Å². The molecule has 1 N–H and O–H groups in total. The summed E-state index contributed by atoms with van der Waals surface area (Å²) in [4.78, 5) is 53.1. The maximum atomic E-state index is 13.2. The predicted molar refractivity (Wildman–Crippen MR) is 132 cm³/mol. The van der Waals surface area contributed by atoms with E-state index >= 15 is 0 Å². The summed E-state index contributed by atoms with van der Waals surface area (Å²) in [5, 5.41) is 15.8. The van der Waals surface area contributed by atoms with Crippen LogP contribution in [0.2, 0.25) is 0 Å². The highest BCUT2D eigenvalue weighted by atomic mass is 32.1. The lowest BCUT2D eigenvalue weighted by atomic mass is 10.1. The van der Waals surface area contributed by atoms with Gasteiger partial charge in [0.2, 0.25) is 5.91 Å². The summed E-state index contributed by atoms with van der Waals surface area (Å²) in [6, 6.07) is 12.2.